The molecule has 26 heavy (non-hydrogen) atoms. The number of anilines is 1. The van der Waals surface area contributed by atoms with Crippen LogP contribution in [-0.4, -0.2) is 20.9 Å². The van der Waals surface area contributed by atoms with Crippen LogP contribution in [0.4, 0.5) is 5.69 Å². The minimum absolute atomic E-state index is 0.238. The highest BCUT2D eigenvalue weighted by atomic mass is 16.3. The number of rotatable bonds is 4. The monoisotopic (exact) mass is 342 g/mol. The van der Waals surface area contributed by atoms with Crippen molar-refractivity contribution in [2.24, 2.45) is 0 Å². The maximum atomic E-state index is 12.0. The average Bonchev–Trinajstić information content (AvgIpc) is 3.12. The second-order valence-electron chi connectivity index (χ2n) is 5.52. The quantitative estimate of drug-likeness (QED) is 0.568. The molecule has 0 fully saturated rings. The molecule has 4 aromatic rings. The van der Waals surface area contributed by atoms with E-state index in [4.69, 9.17) is 4.42 Å². The molecule has 2 aromatic heterocycles. The Kier molecular flexibility index (Phi) is 4.22. The Hall–Kier alpha value is -3.80. The molecule has 0 unspecified atom stereocenters. The molecule has 1 N–H and O–H groups in total. The normalized spacial score (nSPS) is 11.1. The Morgan fingerprint density at radius 2 is 1.88 bits per heavy atom. The fourth-order valence-electron chi connectivity index (χ4n) is 2.44. The van der Waals surface area contributed by atoms with Gasteiger partial charge in [0, 0.05) is 23.5 Å². The topological polar surface area (TPSA) is 80.9 Å². The van der Waals surface area contributed by atoms with E-state index in [-0.39, 0.29) is 5.91 Å². The number of oxazole rings is 1. The third-order valence-electron chi connectivity index (χ3n) is 3.70. The Morgan fingerprint density at radius 3 is 2.65 bits per heavy atom. The fraction of sp³-hybridized carbons (Fsp3) is 0. The van der Waals surface area contributed by atoms with Crippen molar-refractivity contribution in [3.63, 3.8) is 0 Å². The van der Waals surface area contributed by atoms with Gasteiger partial charge in [-0.25, -0.2) is 15.0 Å². The summed E-state index contributed by atoms with van der Waals surface area (Å²) >= 11 is 0. The van der Waals surface area contributed by atoms with Crippen molar-refractivity contribution in [2.75, 3.05) is 5.32 Å². The van der Waals surface area contributed by atoms with E-state index in [1.54, 1.807) is 30.5 Å². The number of carbonyl (C=O) groups excluding carboxylic acids is 1. The second-order valence-corrected chi connectivity index (χ2v) is 5.52. The predicted molar refractivity (Wildman–Crippen MR) is 99.1 cm³/mol. The zero-order valence-electron chi connectivity index (χ0n) is 13.7. The molecule has 0 saturated heterocycles. The molecular weight excluding hydrogens is 328 g/mol. The zero-order chi connectivity index (χ0) is 17.8. The molecule has 0 atom stereocenters. The van der Waals surface area contributed by atoms with Gasteiger partial charge in [0.05, 0.1) is 5.69 Å². The maximum Gasteiger partial charge on any atom is 0.248 e. The van der Waals surface area contributed by atoms with Crippen LogP contribution in [0.15, 0.2) is 77.6 Å². The largest absolute Gasteiger partial charge is 0.436 e. The molecule has 0 bridgehead atoms. The van der Waals surface area contributed by atoms with E-state index in [9.17, 15) is 4.79 Å². The van der Waals surface area contributed by atoms with Gasteiger partial charge in [0.2, 0.25) is 11.8 Å². The number of amides is 1. The lowest BCUT2D eigenvalue weighted by Gasteiger charge is -2.02. The highest BCUT2D eigenvalue weighted by Crippen LogP contribution is 2.25. The lowest BCUT2D eigenvalue weighted by Crippen LogP contribution is -2.07. The Balaban J connectivity index is 1.45. The molecule has 2 heterocycles. The standard InChI is InChI=1S/C20H14N4O2/c25-19(10-9-15-11-12-21-13-22-15)23-16-7-5-14(6-8-16)20-24-17-3-1-2-4-18(17)26-20/h1-13H,(H,23,25). The number of nitrogens with one attached hydrogen (secondary N) is 1. The molecule has 6 heteroatoms. The first-order valence-corrected chi connectivity index (χ1v) is 7.99. The highest BCUT2D eigenvalue weighted by Gasteiger charge is 2.07. The lowest BCUT2D eigenvalue weighted by molar-refractivity contribution is -0.111. The van der Waals surface area contributed by atoms with Gasteiger partial charge in [-0.3, -0.25) is 4.79 Å². The highest BCUT2D eigenvalue weighted by molar-refractivity contribution is 6.01. The summed E-state index contributed by atoms with van der Waals surface area (Å²) in [7, 11) is 0. The molecule has 6 nitrogen and oxygen atoms in total. The van der Waals surface area contributed by atoms with Gasteiger partial charge in [-0.15, -0.1) is 0 Å². The Bertz CT molecular complexity index is 1040. The minimum atomic E-state index is -0.238. The summed E-state index contributed by atoms with van der Waals surface area (Å²) in [4.78, 5) is 24.3. The van der Waals surface area contributed by atoms with Crippen molar-refractivity contribution in [1.82, 2.24) is 15.0 Å². The van der Waals surface area contributed by atoms with Crippen LogP contribution in [0, 0.1) is 0 Å². The fourth-order valence-corrected chi connectivity index (χ4v) is 2.44. The van der Waals surface area contributed by atoms with E-state index in [0.29, 0.717) is 17.3 Å². The third kappa shape index (κ3) is 3.49. The first-order chi connectivity index (χ1) is 12.8. The van der Waals surface area contributed by atoms with Crippen molar-refractivity contribution >= 4 is 28.8 Å². The summed E-state index contributed by atoms with van der Waals surface area (Å²) < 4.78 is 5.74. The molecular formula is C20H14N4O2. The maximum absolute atomic E-state index is 12.0. The van der Waals surface area contributed by atoms with E-state index in [1.807, 2.05) is 36.4 Å². The van der Waals surface area contributed by atoms with Crippen LogP contribution in [0.3, 0.4) is 0 Å². The molecule has 2 aromatic carbocycles. The van der Waals surface area contributed by atoms with Crippen LogP contribution >= 0.6 is 0 Å². The summed E-state index contributed by atoms with van der Waals surface area (Å²) in [6, 6.07) is 16.7. The summed E-state index contributed by atoms with van der Waals surface area (Å²) in [5, 5.41) is 2.80. The van der Waals surface area contributed by atoms with E-state index < -0.39 is 0 Å². The number of fused-ring (bicyclic) bond motifs is 1. The van der Waals surface area contributed by atoms with Gasteiger partial charge in [-0.2, -0.15) is 0 Å². The van der Waals surface area contributed by atoms with Gasteiger partial charge < -0.3 is 9.73 Å². The van der Waals surface area contributed by atoms with Gasteiger partial charge in [-0.1, -0.05) is 12.1 Å². The van der Waals surface area contributed by atoms with Crippen molar-refractivity contribution < 1.29 is 9.21 Å². The van der Waals surface area contributed by atoms with Crippen molar-refractivity contribution in [2.45, 2.75) is 0 Å². The lowest BCUT2D eigenvalue weighted by atomic mass is 10.2. The summed E-state index contributed by atoms with van der Waals surface area (Å²) in [6.45, 7) is 0. The molecule has 0 aliphatic heterocycles. The Labute approximate surface area is 149 Å². The molecule has 0 saturated carbocycles. The van der Waals surface area contributed by atoms with Gasteiger partial charge in [0.25, 0.3) is 0 Å². The third-order valence-corrected chi connectivity index (χ3v) is 3.70. The van der Waals surface area contributed by atoms with Crippen LogP contribution in [0.2, 0.25) is 0 Å². The number of para-hydroxylation sites is 2. The smallest absolute Gasteiger partial charge is 0.248 e. The van der Waals surface area contributed by atoms with Gasteiger partial charge in [0.15, 0.2) is 5.58 Å². The van der Waals surface area contributed by atoms with Crippen molar-refractivity contribution in [3.8, 4) is 11.5 Å². The summed E-state index contributed by atoms with van der Waals surface area (Å²) in [5.74, 6) is 0.311. The van der Waals surface area contributed by atoms with Crippen LogP contribution in [0.1, 0.15) is 5.69 Å². The van der Waals surface area contributed by atoms with Crippen molar-refractivity contribution in [3.05, 3.63) is 78.9 Å². The SMILES string of the molecule is O=C(C=Cc1ccncn1)Nc1ccc(-c2nc3ccccc3o2)cc1. The van der Waals surface area contributed by atoms with E-state index in [2.05, 4.69) is 20.3 Å². The minimum Gasteiger partial charge on any atom is -0.436 e. The van der Waals surface area contributed by atoms with Gasteiger partial charge in [0.1, 0.15) is 11.8 Å². The van der Waals surface area contributed by atoms with E-state index >= 15 is 0 Å². The molecule has 0 aliphatic rings. The van der Waals surface area contributed by atoms with Crippen LogP contribution < -0.4 is 5.32 Å². The van der Waals surface area contributed by atoms with E-state index in [1.165, 1.54) is 12.4 Å². The molecule has 126 valence electrons. The number of nitrogens with zero attached hydrogens (tertiary/aromatic N) is 3. The second kappa shape index (κ2) is 6.98. The number of hydrogen-bond donors (Lipinski definition) is 1. The summed E-state index contributed by atoms with van der Waals surface area (Å²) in [6.07, 6.45) is 6.11. The number of carbonyl (C=O) groups is 1. The van der Waals surface area contributed by atoms with Crippen LogP contribution in [0.25, 0.3) is 28.6 Å². The Morgan fingerprint density at radius 1 is 1.04 bits per heavy atom. The van der Waals surface area contributed by atoms with E-state index in [0.717, 1.165) is 16.7 Å². The first kappa shape index (κ1) is 15.7. The first-order valence-electron chi connectivity index (χ1n) is 7.99. The van der Waals surface area contributed by atoms with Crippen LogP contribution in [0.5, 0.6) is 0 Å². The molecule has 4 rings (SSSR count). The molecule has 0 spiro atoms. The average molecular weight is 342 g/mol. The summed E-state index contributed by atoms with van der Waals surface area (Å²) in [5.41, 5.74) is 3.75. The molecule has 0 radical (unpaired) electrons. The zero-order valence-corrected chi connectivity index (χ0v) is 13.7. The number of hydrogen-bond acceptors (Lipinski definition) is 5. The van der Waals surface area contributed by atoms with Gasteiger partial charge in [-0.05, 0) is 48.5 Å². The van der Waals surface area contributed by atoms with Crippen LogP contribution in [-0.2, 0) is 4.79 Å². The van der Waals surface area contributed by atoms with Gasteiger partial charge >= 0.3 is 0 Å². The predicted octanol–water partition coefficient (Wildman–Crippen LogP) is 3.94. The van der Waals surface area contributed by atoms with Crippen molar-refractivity contribution in [1.29, 1.82) is 0 Å². The number of benzene rings is 2. The number of aromatic nitrogens is 3. The molecule has 0 aliphatic carbocycles. The molecule has 1 amide bonds.